The van der Waals surface area contributed by atoms with Crippen LogP contribution < -0.4 is 4.74 Å². The fourth-order valence-electron chi connectivity index (χ4n) is 3.40. The number of piperazine rings is 1. The molecule has 6 nitrogen and oxygen atoms in total. The Morgan fingerprint density at radius 3 is 2.69 bits per heavy atom. The van der Waals surface area contributed by atoms with Crippen molar-refractivity contribution < 1.29 is 9.53 Å². The highest BCUT2D eigenvalue weighted by Gasteiger charge is 2.18. The minimum Gasteiger partial charge on any atom is -0.493 e. The molecule has 1 amide bonds. The maximum Gasteiger partial charge on any atom is 0.222 e. The third-order valence-corrected chi connectivity index (χ3v) is 4.92. The minimum absolute atomic E-state index is 0.245. The van der Waals surface area contributed by atoms with Gasteiger partial charge in [-0.25, -0.2) is 0 Å². The van der Waals surface area contributed by atoms with Gasteiger partial charge in [0.1, 0.15) is 5.75 Å². The second kappa shape index (κ2) is 8.56. The molecule has 1 saturated heterocycles. The lowest BCUT2D eigenvalue weighted by atomic mass is 10.1. The van der Waals surface area contributed by atoms with Gasteiger partial charge in [-0.2, -0.15) is 0 Å². The summed E-state index contributed by atoms with van der Waals surface area (Å²) in [5.41, 5.74) is 2.30. The largest absolute Gasteiger partial charge is 0.493 e. The molecule has 0 atom stereocenters. The van der Waals surface area contributed by atoms with Gasteiger partial charge in [0.15, 0.2) is 0 Å². The summed E-state index contributed by atoms with van der Waals surface area (Å²) in [4.78, 5) is 22.0. The van der Waals surface area contributed by atoms with Crippen molar-refractivity contribution in [3.63, 3.8) is 0 Å². The maximum atomic E-state index is 12.3. The zero-order valence-corrected chi connectivity index (χ0v) is 16.1. The van der Waals surface area contributed by atoms with E-state index in [0.29, 0.717) is 13.0 Å². The molecule has 1 aromatic heterocycles. The van der Waals surface area contributed by atoms with E-state index in [0.717, 1.165) is 50.4 Å². The van der Waals surface area contributed by atoms with Crippen LogP contribution in [0.3, 0.4) is 0 Å². The van der Waals surface area contributed by atoms with Crippen molar-refractivity contribution in [2.45, 2.75) is 19.4 Å². The van der Waals surface area contributed by atoms with Gasteiger partial charge < -0.3 is 24.4 Å². The van der Waals surface area contributed by atoms with Gasteiger partial charge in [-0.1, -0.05) is 0 Å². The number of rotatable bonds is 7. The Balaban J connectivity index is 1.54. The van der Waals surface area contributed by atoms with Crippen LogP contribution in [0.2, 0.25) is 0 Å². The van der Waals surface area contributed by atoms with Crippen molar-refractivity contribution in [2.24, 2.45) is 0 Å². The number of H-pyrrole nitrogens is 1. The van der Waals surface area contributed by atoms with E-state index in [1.807, 2.05) is 17.2 Å². The Morgan fingerprint density at radius 1 is 1.19 bits per heavy atom. The van der Waals surface area contributed by atoms with Crippen molar-refractivity contribution in [3.05, 3.63) is 30.0 Å². The van der Waals surface area contributed by atoms with Crippen LogP contribution in [-0.4, -0.2) is 79.5 Å². The topological polar surface area (TPSA) is 51.8 Å². The quantitative estimate of drug-likeness (QED) is 0.771. The van der Waals surface area contributed by atoms with Crippen LogP contribution in [0.25, 0.3) is 10.9 Å². The van der Waals surface area contributed by atoms with Crippen molar-refractivity contribution in [2.75, 3.05) is 53.9 Å². The lowest BCUT2D eigenvalue weighted by molar-refractivity contribution is -0.133. The van der Waals surface area contributed by atoms with Gasteiger partial charge in [0.05, 0.1) is 12.1 Å². The summed E-state index contributed by atoms with van der Waals surface area (Å²) in [5.74, 6) is 1.15. The van der Waals surface area contributed by atoms with Gasteiger partial charge in [0, 0.05) is 50.9 Å². The molecule has 2 heterocycles. The van der Waals surface area contributed by atoms with Gasteiger partial charge in [0.2, 0.25) is 5.91 Å². The molecule has 1 aliphatic rings. The van der Waals surface area contributed by atoms with Gasteiger partial charge in [-0.15, -0.1) is 0 Å². The molecule has 6 heteroatoms. The fourth-order valence-corrected chi connectivity index (χ4v) is 3.40. The molecule has 0 unspecified atom stereocenters. The molecule has 1 aromatic carbocycles. The number of carbonyl (C=O) groups excluding carboxylic acids is 1. The first-order chi connectivity index (χ1) is 12.5. The molecule has 0 spiro atoms. The summed E-state index contributed by atoms with van der Waals surface area (Å²) in [6.45, 7) is 4.98. The Morgan fingerprint density at radius 2 is 1.96 bits per heavy atom. The van der Waals surface area contributed by atoms with E-state index in [-0.39, 0.29) is 5.91 Å². The minimum atomic E-state index is 0.245. The standard InChI is InChI=1S/C20H30N4O2/c1-22(2)15-17-18(7-6-16-8-9-21-20(16)17)26-14-4-5-19(25)24-12-10-23(3)11-13-24/h6-9,21H,4-5,10-15H2,1-3H3. The normalized spacial score (nSPS) is 15.8. The van der Waals surface area contributed by atoms with Crippen molar-refractivity contribution in [1.29, 1.82) is 0 Å². The molecule has 0 radical (unpaired) electrons. The molecule has 0 aliphatic carbocycles. The summed E-state index contributed by atoms with van der Waals surface area (Å²) in [6.07, 6.45) is 3.26. The van der Waals surface area contributed by atoms with E-state index in [2.05, 4.69) is 48.1 Å². The Kier molecular flexibility index (Phi) is 6.16. The number of aromatic nitrogens is 1. The fraction of sp³-hybridized carbons (Fsp3) is 0.550. The third kappa shape index (κ3) is 4.56. The highest BCUT2D eigenvalue weighted by Crippen LogP contribution is 2.28. The number of carbonyl (C=O) groups is 1. The molecule has 0 bridgehead atoms. The average Bonchev–Trinajstić information content (AvgIpc) is 3.09. The zero-order valence-electron chi connectivity index (χ0n) is 16.1. The highest BCUT2D eigenvalue weighted by molar-refractivity contribution is 5.84. The van der Waals surface area contributed by atoms with Crippen LogP contribution in [0.1, 0.15) is 18.4 Å². The first-order valence-corrected chi connectivity index (χ1v) is 9.37. The van der Waals surface area contributed by atoms with Crippen LogP contribution in [0, 0.1) is 0 Å². The number of hydrogen-bond acceptors (Lipinski definition) is 4. The van der Waals surface area contributed by atoms with Crippen molar-refractivity contribution in [1.82, 2.24) is 19.7 Å². The molecular formula is C20H30N4O2. The second-order valence-electron chi connectivity index (χ2n) is 7.36. The van der Waals surface area contributed by atoms with Crippen LogP contribution in [0.4, 0.5) is 0 Å². The molecule has 1 aliphatic heterocycles. The molecule has 1 fully saturated rings. The number of fused-ring (bicyclic) bond motifs is 1. The summed E-state index contributed by atoms with van der Waals surface area (Å²) >= 11 is 0. The number of nitrogens with zero attached hydrogens (tertiary/aromatic N) is 3. The molecule has 3 rings (SSSR count). The number of likely N-dealkylation sites (N-methyl/N-ethyl adjacent to an activating group) is 1. The second-order valence-corrected chi connectivity index (χ2v) is 7.36. The summed E-state index contributed by atoms with van der Waals surface area (Å²) in [6, 6.07) is 6.19. The molecule has 142 valence electrons. The lowest BCUT2D eigenvalue weighted by Gasteiger charge is -2.32. The van der Waals surface area contributed by atoms with Crippen LogP contribution in [0.15, 0.2) is 24.4 Å². The SMILES string of the molecule is CN(C)Cc1c(OCCCC(=O)N2CCN(C)CC2)ccc2cc[nH]c12. The number of hydrogen-bond donors (Lipinski definition) is 1. The van der Waals surface area contributed by atoms with Gasteiger partial charge in [-0.3, -0.25) is 4.79 Å². The van der Waals surface area contributed by atoms with E-state index in [4.69, 9.17) is 4.74 Å². The monoisotopic (exact) mass is 358 g/mol. The number of aromatic amines is 1. The zero-order chi connectivity index (χ0) is 18.5. The van der Waals surface area contributed by atoms with Crippen molar-refractivity contribution >= 4 is 16.8 Å². The molecular weight excluding hydrogens is 328 g/mol. The van der Waals surface area contributed by atoms with Crippen LogP contribution in [-0.2, 0) is 11.3 Å². The Hall–Kier alpha value is -2.05. The first kappa shape index (κ1) is 18.7. The van der Waals surface area contributed by atoms with E-state index < -0.39 is 0 Å². The smallest absolute Gasteiger partial charge is 0.222 e. The van der Waals surface area contributed by atoms with Gasteiger partial charge >= 0.3 is 0 Å². The molecule has 26 heavy (non-hydrogen) atoms. The number of benzene rings is 1. The highest BCUT2D eigenvalue weighted by atomic mass is 16.5. The van der Waals surface area contributed by atoms with Crippen LogP contribution >= 0.6 is 0 Å². The molecule has 0 saturated carbocycles. The first-order valence-electron chi connectivity index (χ1n) is 9.37. The van der Waals surface area contributed by atoms with E-state index >= 15 is 0 Å². The maximum absolute atomic E-state index is 12.3. The predicted octanol–water partition coefficient (Wildman–Crippen LogP) is 2.16. The van der Waals surface area contributed by atoms with E-state index in [1.165, 1.54) is 10.9 Å². The van der Waals surface area contributed by atoms with Gasteiger partial charge in [0.25, 0.3) is 0 Å². The Labute approximate surface area is 155 Å². The summed E-state index contributed by atoms with van der Waals surface area (Å²) in [5, 5.41) is 1.19. The predicted molar refractivity (Wildman–Crippen MR) is 104 cm³/mol. The van der Waals surface area contributed by atoms with Crippen molar-refractivity contribution in [3.8, 4) is 5.75 Å². The number of nitrogens with one attached hydrogen (secondary N) is 1. The Bertz CT molecular complexity index is 732. The lowest BCUT2D eigenvalue weighted by Crippen LogP contribution is -2.47. The molecule has 2 aromatic rings. The number of ether oxygens (including phenoxy) is 1. The van der Waals surface area contributed by atoms with E-state index in [9.17, 15) is 4.79 Å². The van der Waals surface area contributed by atoms with Crippen LogP contribution in [0.5, 0.6) is 5.75 Å². The summed E-state index contributed by atoms with van der Waals surface area (Å²) < 4.78 is 6.04. The molecule has 1 N–H and O–H groups in total. The van der Waals surface area contributed by atoms with E-state index in [1.54, 1.807) is 0 Å². The average molecular weight is 358 g/mol. The number of amides is 1. The summed E-state index contributed by atoms with van der Waals surface area (Å²) in [7, 11) is 6.21. The third-order valence-electron chi connectivity index (χ3n) is 4.92. The van der Waals surface area contributed by atoms with Gasteiger partial charge in [-0.05, 0) is 51.1 Å².